The first-order chi connectivity index (χ1) is 13.8. The molecule has 0 N–H and O–H groups in total. The summed E-state index contributed by atoms with van der Waals surface area (Å²) in [6, 6.07) is 4.96. The van der Waals surface area contributed by atoms with Crippen molar-refractivity contribution in [2.24, 2.45) is 11.8 Å². The Morgan fingerprint density at radius 1 is 1.03 bits per heavy atom. The number of rotatable bonds is 4. The van der Waals surface area contributed by atoms with Gasteiger partial charge in [0, 0.05) is 17.0 Å². The van der Waals surface area contributed by atoms with Gasteiger partial charge in [-0.3, -0.25) is 19.3 Å². The van der Waals surface area contributed by atoms with Gasteiger partial charge in [-0.15, -0.1) is 0 Å². The van der Waals surface area contributed by atoms with Gasteiger partial charge < -0.3 is 9.15 Å². The predicted octanol–water partition coefficient (Wildman–Crippen LogP) is 2.63. The number of benzene rings is 1. The van der Waals surface area contributed by atoms with E-state index in [2.05, 4.69) is 0 Å². The molecule has 1 saturated carbocycles. The fraction of sp³-hybridized carbons (Fsp3) is 0.455. The van der Waals surface area contributed by atoms with E-state index in [0.717, 1.165) is 28.9 Å². The molecule has 2 atom stereocenters. The Labute approximate surface area is 167 Å². The fourth-order valence-corrected chi connectivity index (χ4v) is 4.32. The van der Waals surface area contributed by atoms with Gasteiger partial charge in [-0.1, -0.05) is 12.8 Å². The summed E-state index contributed by atoms with van der Waals surface area (Å²) < 4.78 is 10.5. The zero-order valence-electron chi connectivity index (χ0n) is 16.5. The van der Waals surface area contributed by atoms with Crippen molar-refractivity contribution >= 4 is 28.8 Å². The molecule has 2 amide bonds. The Bertz CT molecular complexity index is 1040. The number of nitrogens with zero attached hydrogens (tertiary/aromatic N) is 1. The molecule has 0 spiro atoms. The predicted molar refractivity (Wildman–Crippen MR) is 104 cm³/mol. The van der Waals surface area contributed by atoms with Crippen molar-refractivity contribution in [2.75, 3.05) is 6.54 Å². The maximum absolute atomic E-state index is 12.5. The van der Waals surface area contributed by atoms with Crippen LogP contribution in [0.1, 0.15) is 42.4 Å². The molecule has 2 aromatic rings. The van der Waals surface area contributed by atoms with Crippen molar-refractivity contribution in [3.05, 3.63) is 45.3 Å². The lowest BCUT2D eigenvalue weighted by Gasteiger charge is -2.19. The lowest BCUT2D eigenvalue weighted by molar-refractivity contribution is -0.153. The average molecular weight is 397 g/mol. The number of ether oxygens (including phenoxy) is 1. The third-order valence-electron chi connectivity index (χ3n) is 6.05. The molecule has 2 aliphatic rings. The van der Waals surface area contributed by atoms with Crippen molar-refractivity contribution in [3.8, 4) is 0 Å². The minimum Gasteiger partial charge on any atom is -0.459 e. The molecule has 152 valence electrons. The molecule has 29 heavy (non-hydrogen) atoms. The molecule has 4 rings (SSSR count). The molecule has 2 heterocycles. The van der Waals surface area contributed by atoms with E-state index in [9.17, 15) is 19.2 Å². The van der Waals surface area contributed by atoms with Crippen molar-refractivity contribution in [2.45, 2.75) is 46.1 Å². The van der Waals surface area contributed by atoms with Crippen LogP contribution in [0, 0.1) is 25.7 Å². The van der Waals surface area contributed by atoms with Gasteiger partial charge in [-0.25, -0.2) is 4.79 Å². The molecule has 7 heteroatoms. The smallest absolute Gasteiger partial charge is 0.336 e. The molecule has 1 aliphatic carbocycles. The highest BCUT2D eigenvalue weighted by molar-refractivity contribution is 6.07. The van der Waals surface area contributed by atoms with Crippen LogP contribution in [0.15, 0.2) is 27.4 Å². The third kappa shape index (κ3) is 3.57. The van der Waals surface area contributed by atoms with E-state index in [-0.39, 0.29) is 36.8 Å². The van der Waals surface area contributed by atoms with Crippen molar-refractivity contribution in [1.29, 1.82) is 0 Å². The van der Waals surface area contributed by atoms with Gasteiger partial charge in [0.05, 0.1) is 11.8 Å². The summed E-state index contributed by atoms with van der Waals surface area (Å²) >= 11 is 0. The minimum atomic E-state index is -0.671. The largest absolute Gasteiger partial charge is 0.459 e. The van der Waals surface area contributed by atoms with E-state index in [1.807, 2.05) is 19.9 Å². The topological polar surface area (TPSA) is 93.9 Å². The van der Waals surface area contributed by atoms with Crippen molar-refractivity contribution < 1.29 is 23.5 Å². The molecule has 7 nitrogen and oxygen atoms in total. The highest BCUT2D eigenvalue weighted by Gasteiger charge is 2.48. The third-order valence-corrected chi connectivity index (χ3v) is 6.05. The summed E-state index contributed by atoms with van der Waals surface area (Å²) in [4.78, 5) is 50.2. The second-order valence-corrected chi connectivity index (χ2v) is 7.94. The van der Waals surface area contributed by atoms with Gasteiger partial charge in [0.2, 0.25) is 11.8 Å². The van der Waals surface area contributed by atoms with Crippen LogP contribution >= 0.6 is 0 Å². The molecule has 1 saturated heterocycles. The average Bonchev–Trinajstić information content (AvgIpc) is 2.93. The zero-order valence-corrected chi connectivity index (χ0v) is 16.5. The Morgan fingerprint density at radius 2 is 1.66 bits per heavy atom. The first-order valence-corrected chi connectivity index (χ1v) is 9.90. The second kappa shape index (κ2) is 7.46. The van der Waals surface area contributed by atoms with Gasteiger partial charge in [0.15, 0.2) is 0 Å². The molecule has 1 aromatic heterocycles. The van der Waals surface area contributed by atoms with Crippen LogP contribution < -0.4 is 5.63 Å². The van der Waals surface area contributed by atoms with Crippen LogP contribution in [0.25, 0.3) is 11.0 Å². The number of hydrogen-bond acceptors (Lipinski definition) is 6. The van der Waals surface area contributed by atoms with Crippen molar-refractivity contribution in [3.63, 3.8) is 0 Å². The monoisotopic (exact) mass is 397 g/mol. The number of hydrogen-bond donors (Lipinski definition) is 0. The fourth-order valence-electron chi connectivity index (χ4n) is 4.32. The lowest BCUT2D eigenvalue weighted by Crippen LogP contribution is -2.36. The molecule has 0 bridgehead atoms. The van der Waals surface area contributed by atoms with E-state index in [4.69, 9.17) is 9.15 Å². The van der Waals surface area contributed by atoms with Crippen LogP contribution in [0.2, 0.25) is 0 Å². The molecule has 1 aliphatic heterocycles. The number of fused-ring (bicyclic) bond motifs is 2. The normalized spacial score (nSPS) is 21.5. The summed E-state index contributed by atoms with van der Waals surface area (Å²) in [7, 11) is 0. The minimum absolute atomic E-state index is 0.132. The van der Waals surface area contributed by atoms with Gasteiger partial charge in [0.1, 0.15) is 18.7 Å². The summed E-state index contributed by atoms with van der Waals surface area (Å²) in [5.74, 6) is -1.80. The number of aryl methyl sites for hydroxylation is 2. The number of esters is 1. The Hall–Kier alpha value is -2.96. The molecular formula is C22H23NO6. The highest BCUT2D eigenvalue weighted by Crippen LogP contribution is 2.37. The number of carbonyl (C=O) groups is 3. The van der Waals surface area contributed by atoms with Crippen LogP contribution in [0.3, 0.4) is 0 Å². The second-order valence-electron chi connectivity index (χ2n) is 7.94. The van der Waals surface area contributed by atoms with Gasteiger partial charge in [0.25, 0.3) is 0 Å². The quantitative estimate of drug-likeness (QED) is 0.447. The van der Waals surface area contributed by atoms with E-state index in [1.54, 1.807) is 6.07 Å². The van der Waals surface area contributed by atoms with Crippen LogP contribution in [0.5, 0.6) is 0 Å². The van der Waals surface area contributed by atoms with E-state index >= 15 is 0 Å². The van der Waals surface area contributed by atoms with Crippen LogP contribution in [-0.2, 0) is 25.7 Å². The Morgan fingerprint density at radius 3 is 2.31 bits per heavy atom. The highest BCUT2D eigenvalue weighted by atomic mass is 16.5. The number of imide groups is 1. The van der Waals surface area contributed by atoms with Crippen LogP contribution in [-0.4, -0.2) is 29.2 Å². The number of carbonyl (C=O) groups excluding carboxylic acids is 3. The number of amides is 2. The first kappa shape index (κ1) is 19.4. The van der Waals surface area contributed by atoms with Gasteiger partial charge >= 0.3 is 11.6 Å². The standard InChI is InChI=1S/C22H23NO6/c1-12-7-17-14(9-19(24)29-18(17)8-13(12)2)11-28-20(25)10-23-21(26)15-5-3-4-6-16(15)22(23)27/h7-9,15-16H,3-6,10-11H2,1-2H3. The maximum Gasteiger partial charge on any atom is 0.336 e. The van der Waals surface area contributed by atoms with Gasteiger partial charge in [-0.2, -0.15) is 0 Å². The molecule has 0 radical (unpaired) electrons. The first-order valence-electron chi connectivity index (χ1n) is 9.90. The zero-order chi connectivity index (χ0) is 20.7. The van der Waals surface area contributed by atoms with E-state index in [1.165, 1.54) is 6.07 Å². The van der Waals surface area contributed by atoms with Gasteiger partial charge in [-0.05, 0) is 49.9 Å². The summed E-state index contributed by atoms with van der Waals surface area (Å²) in [5, 5.41) is 0.694. The van der Waals surface area contributed by atoms with E-state index < -0.39 is 11.6 Å². The molecule has 2 unspecified atom stereocenters. The van der Waals surface area contributed by atoms with Crippen LogP contribution in [0.4, 0.5) is 0 Å². The summed E-state index contributed by atoms with van der Waals surface area (Å²) in [5.41, 5.74) is 2.44. The molecule has 1 aromatic carbocycles. The Balaban J connectivity index is 1.48. The van der Waals surface area contributed by atoms with Crippen molar-refractivity contribution in [1.82, 2.24) is 4.90 Å². The van der Waals surface area contributed by atoms with E-state index in [0.29, 0.717) is 29.4 Å². The summed E-state index contributed by atoms with van der Waals surface area (Å²) in [6.07, 6.45) is 3.26. The maximum atomic E-state index is 12.5. The summed E-state index contributed by atoms with van der Waals surface area (Å²) in [6.45, 7) is 3.34. The number of likely N-dealkylation sites (tertiary alicyclic amines) is 1. The molecule has 2 fully saturated rings. The SMILES string of the molecule is Cc1cc2oc(=O)cc(COC(=O)CN3C(=O)C4CCCCC4C3=O)c2cc1C. The lowest BCUT2D eigenvalue weighted by atomic mass is 9.81. The molecular weight excluding hydrogens is 374 g/mol. The Kier molecular flexibility index (Phi) is 4.98.